The monoisotopic (exact) mass is 555 g/mol. The summed E-state index contributed by atoms with van der Waals surface area (Å²) in [4.78, 5) is 28.5. The van der Waals surface area contributed by atoms with Crippen molar-refractivity contribution in [2.24, 2.45) is 5.41 Å². The third-order valence-corrected chi connectivity index (χ3v) is 5.58. The van der Waals surface area contributed by atoms with Crippen LogP contribution >= 0.6 is 0 Å². The molecule has 9 nitrogen and oxygen atoms in total. The molecule has 0 fully saturated rings. The lowest BCUT2D eigenvalue weighted by atomic mass is 9.90. The first-order chi connectivity index (χ1) is 18.5. The highest BCUT2D eigenvalue weighted by Crippen LogP contribution is 2.40. The maximum Gasteiger partial charge on any atom is 0.412 e. The SMILES string of the molecule is [C-]#[N+]c1c(-c2cc(F)c(CC(=O)Cc3cc(CC(C)(C)C)no3)cc2F)nn(C(C)C)c1NC(=O)OC(C)(C)C. The third-order valence-electron chi connectivity index (χ3n) is 5.58. The Morgan fingerprint density at radius 3 is 2.35 bits per heavy atom. The molecule has 2 heterocycles. The highest BCUT2D eigenvalue weighted by molar-refractivity contribution is 5.93. The minimum absolute atomic E-state index is 0.00574. The molecule has 1 N–H and O–H groups in total. The lowest BCUT2D eigenvalue weighted by molar-refractivity contribution is -0.118. The molecule has 3 rings (SSSR count). The van der Waals surface area contributed by atoms with Crippen LogP contribution in [0.5, 0.6) is 0 Å². The first kappa shape index (κ1) is 30.5. The van der Waals surface area contributed by atoms with Crippen molar-refractivity contribution < 1.29 is 27.6 Å². The van der Waals surface area contributed by atoms with Gasteiger partial charge in [0.1, 0.15) is 40.3 Å². The van der Waals surface area contributed by atoms with Crippen LogP contribution in [0.15, 0.2) is 22.7 Å². The van der Waals surface area contributed by atoms with Crippen molar-refractivity contribution in [2.45, 2.75) is 86.3 Å². The molecule has 1 aromatic carbocycles. The van der Waals surface area contributed by atoms with E-state index in [0.29, 0.717) is 17.9 Å². The van der Waals surface area contributed by atoms with Gasteiger partial charge in [-0.15, -0.1) is 0 Å². The van der Waals surface area contributed by atoms with Gasteiger partial charge in [0.25, 0.3) is 5.69 Å². The predicted molar refractivity (Wildman–Crippen MR) is 146 cm³/mol. The molecule has 2 aromatic heterocycles. The van der Waals surface area contributed by atoms with Crippen molar-refractivity contribution in [2.75, 3.05) is 5.32 Å². The zero-order valence-electron chi connectivity index (χ0n) is 24.1. The highest BCUT2D eigenvalue weighted by Gasteiger charge is 2.27. The number of carbonyl (C=O) groups excluding carboxylic acids is 2. The minimum atomic E-state index is -0.863. The molecule has 11 heteroatoms. The van der Waals surface area contributed by atoms with E-state index in [1.165, 1.54) is 4.68 Å². The van der Waals surface area contributed by atoms with Crippen LogP contribution in [0.2, 0.25) is 0 Å². The quantitative estimate of drug-likeness (QED) is 0.294. The van der Waals surface area contributed by atoms with Crippen LogP contribution < -0.4 is 5.32 Å². The molecule has 0 spiro atoms. The van der Waals surface area contributed by atoms with E-state index in [9.17, 15) is 9.59 Å². The maximum absolute atomic E-state index is 15.3. The summed E-state index contributed by atoms with van der Waals surface area (Å²) in [5, 5.41) is 10.8. The van der Waals surface area contributed by atoms with E-state index in [-0.39, 0.29) is 58.4 Å². The lowest BCUT2D eigenvalue weighted by Crippen LogP contribution is -2.28. The second-order valence-electron chi connectivity index (χ2n) is 12.2. The molecule has 214 valence electrons. The van der Waals surface area contributed by atoms with Crippen LogP contribution in [-0.4, -0.2) is 32.4 Å². The Bertz CT molecular complexity index is 1450. The molecule has 3 aromatic rings. The van der Waals surface area contributed by atoms with Crippen LogP contribution in [0, 0.1) is 23.6 Å². The van der Waals surface area contributed by atoms with Gasteiger partial charge < -0.3 is 9.26 Å². The fraction of sp³-hybridized carbons (Fsp3) is 0.483. The number of ketones is 1. The molecule has 0 unspecified atom stereocenters. The average molecular weight is 556 g/mol. The number of benzene rings is 1. The molecule has 0 aliphatic rings. The van der Waals surface area contributed by atoms with Crippen molar-refractivity contribution in [1.29, 1.82) is 0 Å². The topological polar surface area (TPSA) is 104 Å². The first-order valence-electron chi connectivity index (χ1n) is 12.9. The van der Waals surface area contributed by atoms with Gasteiger partial charge in [0, 0.05) is 24.1 Å². The zero-order chi connectivity index (χ0) is 30.0. The number of ether oxygens (including phenoxy) is 1. The summed E-state index contributed by atoms with van der Waals surface area (Å²) in [5.41, 5.74) is -0.804. The number of Topliss-reactive ketones (excluding diaryl/α,β-unsaturated/α-hetero) is 1. The summed E-state index contributed by atoms with van der Waals surface area (Å²) in [5.74, 6) is -1.70. The van der Waals surface area contributed by atoms with Gasteiger partial charge in [-0.05, 0) is 64.2 Å². The average Bonchev–Trinajstić information content (AvgIpc) is 3.37. The number of hydrogen-bond acceptors (Lipinski definition) is 6. The number of hydrogen-bond donors (Lipinski definition) is 1. The Hall–Kier alpha value is -4.07. The summed E-state index contributed by atoms with van der Waals surface area (Å²) in [6.07, 6.45) is -0.621. The predicted octanol–water partition coefficient (Wildman–Crippen LogP) is 7.24. The second-order valence-corrected chi connectivity index (χ2v) is 12.2. The van der Waals surface area contributed by atoms with Gasteiger partial charge in [0.15, 0.2) is 0 Å². The summed E-state index contributed by atoms with van der Waals surface area (Å²) in [6, 6.07) is 3.20. The largest absolute Gasteiger partial charge is 0.444 e. The van der Waals surface area contributed by atoms with Crippen molar-refractivity contribution in [3.8, 4) is 11.3 Å². The van der Waals surface area contributed by atoms with Gasteiger partial charge in [-0.25, -0.2) is 18.4 Å². The van der Waals surface area contributed by atoms with Crippen LogP contribution in [0.25, 0.3) is 16.1 Å². The number of nitrogens with zero attached hydrogens (tertiary/aromatic N) is 4. The second kappa shape index (κ2) is 11.6. The van der Waals surface area contributed by atoms with Crippen LogP contribution in [-0.2, 0) is 28.8 Å². The number of carbonyl (C=O) groups is 2. The molecule has 0 aliphatic carbocycles. The van der Waals surface area contributed by atoms with Crippen LogP contribution in [0.3, 0.4) is 0 Å². The molecule has 0 saturated carbocycles. The van der Waals surface area contributed by atoms with Crippen molar-refractivity contribution in [3.63, 3.8) is 0 Å². The fourth-order valence-corrected chi connectivity index (χ4v) is 4.04. The number of nitrogens with one attached hydrogen (secondary N) is 1. The Morgan fingerprint density at radius 1 is 1.10 bits per heavy atom. The molecule has 0 radical (unpaired) electrons. The normalized spacial score (nSPS) is 11.9. The van der Waals surface area contributed by atoms with E-state index >= 15 is 8.78 Å². The minimum Gasteiger partial charge on any atom is -0.444 e. The van der Waals surface area contributed by atoms with E-state index in [0.717, 1.165) is 12.1 Å². The van der Waals surface area contributed by atoms with E-state index in [4.69, 9.17) is 15.8 Å². The third kappa shape index (κ3) is 7.74. The first-order valence-corrected chi connectivity index (χ1v) is 12.9. The Labute approximate surface area is 232 Å². The maximum atomic E-state index is 15.3. The van der Waals surface area contributed by atoms with E-state index in [1.54, 1.807) is 40.7 Å². The van der Waals surface area contributed by atoms with Gasteiger partial charge in [0.05, 0.1) is 18.7 Å². The van der Waals surface area contributed by atoms with Crippen LogP contribution in [0.4, 0.5) is 25.1 Å². The molecule has 0 atom stereocenters. The van der Waals surface area contributed by atoms with E-state index < -0.39 is 23.3 Å². The van der Waals surface area contributed by atoms with E-state index in [2.05, 4.69) is 41.2 Å². The Kier molecular flexibility index (Phi) is 8.82. The number of aromatic nitrogens is 3. The smallest absolute Gasteiger partial charge is 0.412 e. The number of rotatable bonds is 8. The zero-order valence-corrected chi connectivity index (χ0v) is 24.1. The molecular formula is C29H35F2N5O4. The van der Waals surface area contributed by atoms with Crippen molar-refractivity contribution in [3.05, 3.63) is 58.3 Å². The summed E-state index contributed by atoms with van der Waals surface area (Å²) >= 11 is 0. The van der Waals surface area contributed by atoms with Crippen molar-refractivity contribution >= 4 is 23.4 Å². The molecule has 1 amide bonds. The standard InChI is InChI=1S/C29H35F2N5O4/c1-16(2)36-26(33-27(38)39-29(6,7)8)25(32-9)24(34-36)21-14-22(30)17(11-23(21)31)10-19(37)13-20-12-18(35-40-20)15-28(3,4)5/h11-12,14,16H,10,13,15H2,1-8H3,(H,33,38). The molecule has 40 heavy (non-hydrogen) atoms. The number of halogens is 2. The molecule has 0 aliphatic heterocycles. The molecular weight excluding hydrogens is 520 g/mol. The summed E-state index contributed by atoms with van der Waals surface area (Å²) in [7, 11) is 0. The Morgan fingerprint density at radius 2 is 1.77 bits per heavy atom. The van der Waals surface area contributed by atoms with Gasteiger partial charge in [-0.3, -0.25) is 14.8 Å². The number of amides is 1. The van der Waals surface area contributed by atoms with Gasteiger partial charge >= 0.3 is 6.09 Å². The van der Waals surface area contributed by atoms with Gasteiger partial charge in [-0.1, -0.05) is 25.9 Å². The molecule has 0 bridgehead atoms. The lowest BCUT2D eigenvalue weighted by Gasteiger charge is -2.20. The Balaban J connectivity index is 1.87. The summed E-state index contributed by atoms with van der Waals surface area (Å²) < 4.78 is 42.3. The highest BCUT2D eigenvalue weighted by atomic mass is 19.1. The fourth-order valence-electron chi connectivity index (χ4n) is 4.04. The number of anilines is 1. The van der Waals surface area contributed by atoms with Crippen LogP contribution in [0.1, 0.15) is 78.4 Å². The molecule has 0 saturated heterocycles. The summed E-state index contributed by atoms with van der Waals surface area (Å²) in [6.45, 7) is 22.4. The van der Waals surface area contributed by atoms with Crippen molar-refractivity contribution in [1.82, 2.24) is 14.9 Å². The van der Waals surface area contributed by atoms with E-state index in [1.807, 2.05) is 0 Å². The van der Waals surface area contributed by atoms with Gasteiger partial charge in [-0.2, -0.15) is 5.10 Å². The van der Waals surface area contributed by atoms with Gasteiger partial charge in [0.2, 0.25) is 0 Å².